The monoisotopic (exact) mass is 396 g/mol. The van der Waals surface area contributed by atoms with Gasteiger partial charge in [0.1, 0.15) is 11.5 Å². The van der Waals surface area contributed by atoms with Crippen LogP contribution in [0.2, 0.25) is 0 Å². The van der Waals surface area contributed by atoms with Crippen molar-refractivity contribution in [1.82, 2.24) is 14.9 Å². The smallest absolute Gasteiger partial charge is 0.216 e. The summed E-state index contributed by atoms with van der Waals surface area (Å²) < 4.78 is 13.6. The summed E-state index contributed by atoms with van der Waals surface area (Å²) in [6.45, 7) is 7.38. The lowest BCUT2D eigenvalue weighted by Gasteiger charge is -2.11. The lowest BCUT2D eigenvalue weighted by Crippen LogP contribution is -2.06. The maximum absolute atomic E-state index is 5.89. The zero-order valence-corrected chi connectivity index (χ0v) is 17.1. The second kappa shape index (κ2) is 9.32. The first-order valence-electron chi connectivity index (χ1n) is 9.26. The van der Waals surface area contributed by atoms with Crippen LogP contribution in [0, 0.1) is 10.7 Å². The van der Waals surface area contributed by atoms with Crippen molar-refractivity contribution in [2.75, 3.05) is 13.2 Å². The standard InChI is InChI=1S/C21H24N4O2S/c1-4-26-19-12-8-6-10-17(19)20-23-24-21(28)25(20)22-13-16-9-5-7-11-18(16)27-14-15(2)3/h5-13,15H,4,14H2,1-3H3,(H,24,28)/b22-13-. The van der Waals surface area contributed by atoms with Gasteiger partial charge in [0, 0.05) is 5.56 Å². The molecule has 0 radical (unpaired) electrons. The summed E-state index contributed by atoms with van der Waals surface area (Å²) in [6, 6.07) is 15.5. The number of nitrogens with one attached hydrogen (secondary N) is 1. The minimum absolute atomic E-state index is 0.401. The molecule has 1 aromatic heterocycles. The van der Waals surface area contributed by atoms with Crippen molar-refractivity contribution in [2.45, 2.75) is 20.8 Å². The van der Waals surface area contributed by atoms with E-state index < -0.39 is 0 Å². The molecule has 7 heteroatoms. The van der Waals surface area contributed by atoms with E-state index in [0.717, 1.165) is 22.6 Å². The van der Waals surface area contributed by atoms with Crippen molar-refractivity contribution in [3.63, 3.8) is 0 Å². The van der Waals surface area contributed by atoms with Gasteiger partial charge in [0.05, 0.1) is 25.0 Å². The zero-order chi connectivity index (χ0) is 19.9. The molecule has 2 aromatic carbocycles. The van der Waals surface area contributed by atoms with E-state index in [2.05, 4.69) is 29.1 Å². The summed E-state index contributed by atoms with van der Waals surface area (Å²) in [5.41, 5.74) is 1.69. The maximum atomic E-state index is 5.89. The van der Waals surface area contributed by atoms with Crippen LogP contribution in [0.5, 0.6) is 11.5 Å². The van der Waals surface area contributed by atoms with Gasteiger partial charge in [-0.1, -0.05) is 38.1 Å². The highest BCUT2D eigenvalue weighted by Gasteiger charge is 2.13. The molecule has 0 aliphatic carbocycles. The van der Waals surface area contributed by atoms with Crippen LogP contribution in [0.1, 0.15) is 26.3 Å². The van der Waals surface area contributed by atoms with Gasteiger partial charge in [-0.2, -0.15) is 14.9 Å². The van der Waals surface area contributed by atoms with Crippen LogP contribution in [0.4, 0.5) is 0 Å². The van der Waals surface area contributed by atoms with Crippen LogP contribution in [0.15, 0.2) is 53.6 Å². The van der Waals surface area contributed by atoms with Gasteiger partial charge in [0.25, 0.3) is 0 Å². The van der Waals surface area contributed by atoms with Gasteiger partial charge in [0.2, 0.25) is 4.77 Å². The van der Waals surface area contributed by atoms with Gasteiger partial charge < -0.3 is 9.47 Å². The molecule has 3 aromatic rings. The molecule has 0 saturated carbocycles. The molecule has 0 atom stereocenters. The molecule has 0 amide bonds. The van der Waals surface area contributed by atoms with E-state index in [9.17, 15) is 0 Å². The molecule has 0 saturated heterocycles. The highest BCUT2D eigenvalue weighted by Crippen LogP contribution is 2.28. The van der Waals surface area contributed by atoms with E-state index in [1.807, 2.05) is 55.5 Å². The minimum atomic E-state index is 0.401. The summed E-state index contributed by atoms with van der Waals surface area (Å²) in [5, 5.41) is 11.7. The van der Waals surface area contributed by atoms with Crippen molar-refractivity contribution < 1.29 is 9.47 Å². The number of nitrogens with zero attached hydrogens (tertiary/aromatic N) is 3. The predicted octanol–water partition coefficient (Wildman–Crippen LogP) is 4.92. The third-order valence-electron chi connectivity index (χ3n) is 3.88. The van der Waals surface area contributed by atoms with Gasteiger partial charge in [0.15, 0.2) is 5.82 Å². The largest absolute Gasteiger partial charge is 0.493 e. The maximum Gasteiger partial charge on any atom is 0.216 e. The molecule has 0 aliphatic heterocycles. The Morgan fingerprint density at radius 2 is 1.82 bits per heavy atom. The van der Waals surface area contributed by atoms with Gasteiger partial charge >= 0.3 is 0 Å². The normalized spacial score (nSPS) is 11.3. The molecular weight excluding hydrogens is 372 g/mol. The number of H-pyrrole nitrogens is 1. The van der Waals surface area contributed by atoms with E-state index in [0.29, 0.717) is 29.7 Å². The van der Waals surface area contributed by atoms with Crippen LogP contribution in [0.3, 0.4) is 0 Å². The van der Waals surface area contributed by atoms with E-state index >= 15 is 0 Å². The Balaban J connectivity index is 1.96. The minimum Gasteiger partial charge on any atom is -0.493 e. The molecular formula is C21H24N4O2S. The number of rotatable bonds is 8. The van der Waals surface area contributed by atoms with Crippen LogP contribution in [-0.4, -0.2) is 34.3 Å². The van der Waals surface area contributed by atoms with Crippen molar-refractivity contribution in [3.05, 3.63) is 58.9 Å². The van der Waals surface area contributed by atoms with Crippen molar-refractivity contribution in [3.8, 4) is 22.9 Å². The molecule has 0 spiro atoms. The van der Waals surface area contributed by atoms with Crippen LogP contribution >= 0.6 is 12.2 Å². The van der Waals surface area contributed by atoms with E-state index in [-0.39, 0.29) is 0 Å². The molecule has 0 unspecified atom stereocenters. The Kier molecular flexibility index (Phi) is 6.60. The lowest BCUT2D eigenvalue weighted by atomic mass is 10.2. The Morgan fingerprint density at radius 3 is 2.57 bits per heavy atom. The first-order valence-corrected chi connectivity index (χ1v) is 9.66. The third kappa shape index (κ3) is 4.67. The number of hydrogen-bond donors (Lipinski definition) is 1. The fourth-order valence-electron chi connectivity index (χ4n) is 2.60. The highest BCUT2D eigenvalue weighted by molar-refractivity contribution is 7.71. The molecule has 6 nitrogen and oxygen atoms in total. The molecule has 0 aliphatic rings. The van der Waals surface area contributed by atoms with Crippen LogP contribution in [-0.2, 0) is 0 Å². The second-order valence-electron chi connectivity index (χ2n) is 6.58. The fraction of sp³-hybridized carbons (Fsp3) is 0.286. The van der Waals surface area contributed by atoms with Gasteiger partial charge in [-0.25, -0.2) is 5.10 Å². The quantitative estimate of drug-likeness (QED) is 0.433. The Labute approximate surface area is 169 Å². The second-order valence-corrected chi connectivity index (χ2v) is 6.97. The molecule has 0 fully saturated rings. The number of hydrogen-bond acceptors (Lipinski definition) is 5. The first kappa shape index (κ1) is 19.8. The van der Waals surface area contributed by atoms with E-state index in [1.165, 1.54) is 0 Å². The summed E-state index contributed by atoms with van der Waals surface area (Å²) in [7, 11) is 0. The number of aromatic amines is 1. The van der Waals surface area contributed by atoms with Crippen molar-refractivity contribution in [1.29, 1.82) is 0 Å². The Bertz CT molecular complexity index is 1010. The average molecular weight is 397 g/mol. The number of ether oxygens (including phenoxy) is 2. The van der Waals surface area contributed by atoms with Crippen molar-refractivity contribution in [2.24, 2.45) is 11.0 Å². The molecule has 146 valence electrons. The van der Waals surface area contributed by atoms with Gasteiger partial charge in [-0.05, 0) is 49.3 Å². The highest BCUT2D eigenvalue weighted by atomic mass is 32.1. The summed E-state index contributed by atoms with van der Waals surface area (Å²) in [4.78, 5) is 0. The van der Waals surface area contributed by atoms with E-state index in [1.54, 1.807) is 10.9 Å². The number of para-hydroxylation sites is 2. The van der Waals surface area contributed by atoms with E-state index in [4.69, 9.17) is 21.7 Å². The molecule has 0 bridgehead atoms. The summed E-state index contributed by atoms with van der Waals surface area (Å²) >= 11 is 5.37. The lowest BCUT2D eigenvalue weighted by molar-refractivity contribution is 0.270. The van der Waals surface area contributed by atoms with Gasteiger partial charge in [-0.3, -0.25) is 0 Å². The molecule has 1 N–H and O–H groups in total. The molecule has 28 heavy (non-hydrogen) atoms. The predicted molar refractivity (Wildman–Crippen MR) is 114 cm³/mol. The first-order chi connectivity index (χ1) is 13.6. The molecule has 1 heterocycles. The third-order valence-corrected chi connectivity index (χ3v) is 4.15. The van der Waals surface area contributed by atoms with Crippen molar-refractivity contribution >= 4 is 18.4 Å². The summed E-state index contributed by atoms with van der Waals surface area (Å²) in [6.07, 6.45) is 1.73. The number of aromatic nitrogens is 3. The molecule has 3 rings (SSSR count). The van der Waals surface area contributed by atoms with Crippen LogP contribution < -0.4 is 9.47 Å². The van der Waals surface area contributed by atoms with Gasteiger partial charge in [-0.15, -0.1) is 0 Å². The van der Waals surface area contributed by atoms with Crippen LogP contribution in [0.25, 0.3) is 11.4 Å². The summed E-state index contributed by atoms with van der Waals surface area (Å²) in [5.74, 6) is 2.54. The average Bonchev–Trinajstić information content (AvgIpc) is 3.06. The Hall–Kier alpha value is -2.93. The zero-order valence-electron chi connectivity index (χ0n) is 16.3. The Morgan fingerprint density at radius 1 is 1.11 bits per heavy atom. The number of benzene rings is 2. The topological polar surface area (TPSA) is 64.4 Å². The fourth-order valence-corrected chi connectivity index (χ4v) is 2.78. The SMILES string of the molecule is CCOc1ccccc1-c1n[nH]c(=S)n1/N=C\c1ccccc1OCC(C)C.